The molecule has 0 heterocycles. The highest BCUT2D eigenvalue weighted by molar-refractivity contribution is 7.99. The van der Waals surface area contributed by atoms with E-state index in [2.05, 4.69) is 5.32 Å². The zero-order valence-electron chi connectivity index (χ0n) is 10.5. The highest BCUT2D eigenvalue weighted by atomic mass is 32.2. The molecule has 2 N–H and O–H groups in total. The molecule has 1 rings (SSSR count). The number of aliphatic hydroxyl groups is 1. The third kappa shape index (κ3) is 3.97. The minimum absolute atomic E-state index is 0.0878. The van der Waals surface area contributed by atoms with Crippen LogP contribution in [0.5, 0.6) is 0 Å². The summed E-state index contributed by atoms with van der Waals surface area (Å²) in [6.07, 6.45) is 1.93. The minimum atomic E-state index is -0.375. The molecule has 0 spiro atoms. The molecule has 18 heavy (non-hydrogen) atoms. The quantitative estimate of drug-likeness (QED) is 0.583. The summed E-state index contributed by atoms with van der Waals surface area (Å²) in [5, 5.41) is 23.3. The molecule has 0 aliphatic heterocycles. The number of aliphatic hydroxyl groups excluding tert-OH is 1. The summed E-state index contributed by atoms with van der Waals surface area (Å²) in [6, 6.07) is 6.77. The van der Waals surface area contributed by atoms with E-state index in [9.17, 15) is 10.1 Å². The summed E-state index contributed by atoms with van der Waals surface area (Å²) < 4.78 is 0. The molecule has 0 saturated carbocycles. The number of hydrogen-bond donors (Lipinski definition) is 2. The average molecular weight is 270 g/mol. The van der Waals surface area contributed by atoms with Gasteiger partial charge in [-0.2, -0.15) is 11.8 Å². The van der Waals surface area contributed by atoms with Gasteiger partial charge in [-0.15, -0.1) is 0 Å². The highest BCUT2D eigenvalue weighted by Crippen LogP contribution is 2.18. The lowest BCUT2D eigenvalue weighted by Gasteiger charge is -2.21. The molecule has 0 aliphatic rings. The molecule has 0 aromatic heterocycles. The van der Waals surface area contributed by atoms with E-state index in [4.69, 9.17) is 5.11 Å². The van der Waals surface area contributed by atoms with Gasteiger partial charge < -0.3 is 10.4 Å². The monoisotopic (exact) mass is 270 g/mol. The van der Waals surface area contributed by atoms with Gasteiger partial charge in [-0.05, 0) is 13.2 Å². The van der Waals surface area contributed by atoms with Crippen LogP contribution in [-0.4, -0.2) is 34.2 Å². The Labute approximate surface area is 111 Å². The van der Waals surface area contributed by atoms with Gasteiger partial charge in [-0.3, -0.25) is 10.1 Å². The van der Waals surface area contributed by atoms with Crippen molar-refractivity contribution >= 4 is 17.4 Å². The lowest BCUT2D eigenvalue weighted by Crippen LogP contribution is -2.37. The van der Waals surface area contributed by atoms with E-state index in [0.717, 1.165) is 0 Å². The molecule has 0 radical (unpaired) electrons. The smallest absolute Gasteiger partial charge is 0.273 e. The average Bonchev–Trinajstić information content (AvgIpc) is 2.38. The Hall–Kier alpha value is -1.11. The molecule has 1 aromatic carbocycles. The van der Waals surface area contributed by atoms with Crippen molar-refractivity contribution < 1.29 is 10.0 Å². The maximum Gasteiger partial charge on any atom is 0.273 e. The lowest BCUT2D eigenvalue weighted by atomic mass is 10.1. The Kier molecular flexibility index (Phi) is 6.11. The van der Waals surface area contributed by atoms with Crippen molar-refractivity contribution in [2.24, 2.45) is 0 Å². The first kappa shape index (κ1) is 14.9. The van der Waals surface area contributed by atoms with Crippen LogP contribution in [0.2, 0.25) is 0 Å². The van der Waals surface area contributed by atoms with E-state index < -0.39 is 0 Å². The first-order chi connectivity index (χ1) is 8.60. The molecule has 5 nitrogen and oxygen atoms in total. The number of nitro benzene ring substituents is 1. The summed E-state index contributed by atoms with van der Waals surface area (Å²) in [5.74, 6) is 0. The molecule has 0 saturated heterocycles. The first-order valence-electron chi connectivity index (χ1n) is 5.69. The number of rotatable bonds is 7. The summed E-state index contributed by atoms with van der Waals surface area (Å²) >= 11 is 1.58. The van der Waals surface area contributed by atoms with Gasteiger partial charge in [-0.25, -0.2) is 0 Å². The number of hydrogen-bond acceptors (Lipinski definition) is 5. The third-order valence-electron chi connectivity index (χ3n) is 2.84. The molecule has 1 aromatic rings. The SMILES string of the molecule is CSC(CO)C(C)NCc1ccccc1[N+](=O)[O-]. The first-order valence-corrected chi connectivity index (χ1v) is 6.98. The van der Waals surface area contributed by atoms with Gasteiger partial charge in [0, 0.05) is 29.5 Å². The molecule has 0 bridgehead atoms. The van der Waals surface area contributed by atoms with Crippen molar-refractivity contribution in [2.45, 2.75) is 24.8 Å². The predicted molar refractivity (Wildman–Crippen MR) is 73.8 cm³/mol. The predicted octanol–water partition coefficient (Wildman–Crippen LogP) is 1.80. The molecule has 0 fully saturated rings. The van der Waals surface area contributed by atoms with Gasteiger partial charge in [0.05, 0.1) is 11.5 Å². The zero-order chi connectivity index (χ0) is 13.5. The van der Waals surface area contributed by atoms with E-state index >= 15 is 0 Å². The highest BCUT2D eigenvalue weighted by Gasteiger charge is 2.17. The van der Waals surface area contributed by atoms with Crippen LogP contribution in [-0.2, 0) is 6.54 Å². The van der Waals surface area contributed by atoms with Crippen LogP contribution in [0.3, 0.4) is 0 Å². The Bertz CT molecular complexity index is 397. The Balaban J connectivity index is 2.66. The Morgan fingerprint density at radius 1 is 1.50 bits per heavy atom. The molecule has 2 unspecified atom stereocenters. The summed E-state index contributed by atoms with van der Waals surface area (Å²) in [4.78, 5) is 10.5. The van der Waals surface area contributed by atoms with Crippen molar-refractivity contribution in [1.82, 2.24) is 5.32 Å². The molecule has 0 aliphatic carbocycles. The van der Waals surface area contributed by atoms with Crippen molar-refractivity contribution in [2.75, 3.05) is 12.9 Å². The zero-order valence-corrected chi connectivity index (χ0v) is 11.3. The van der Waals surface area contributed by atoms with Gasteiger partial charge in [0.2, 0.25) is 0 Å². The van der Waals surface area contributed by atoms with Crippen LogP contribution in [0, 0.1) is 10.1 Å². The van der Waals surface area contributed by atoms with E-state index in [-0.39, 0.29) is 28.5 Å². The number of nitro groups is 1. The second-order valence-corrected chi connectivity index (χ2v) is 5.09. The minimum Gasteiger partial charge on any atom is -0.395 e. The molecular weight excluding hydrogens is 252 g/mol. The number of thioether (sulfide) groups is 1. The summed E-state index contributed by atoms with van der Waals surface area (Å²) in [5.41, 5.74) is 0.786. The fourth-order valence-electron chi connectivity index (χ4n) is 1.68. The van der Waals surface area contributed by atoms with Crippen LogP contribution >= 0.6 is 11.8 Å². The van der Waals surface area contributed by atoms with Crippen LogP contribution < -0.4 is 5.32 Å². The van der Waals surface area contributed by atoms with Crippen molar-refractivity contribution in [3.8, 4) is 0 Å². The van der Waals surface area contributed by atoms with Crippen molar-refractivity contribution in [3.63, 3.8) is 0 Å². The van der Waals surface area contributed by atoms with E-state index in [1.165, 1.54) is 6.07 Å². The lowest BCUT2D eigenvalue weighted by molar-refractivity contribution is -0.385. The molecule has 6 heteroatoms. The van der Waals surface area contributed by atoms with Crippen molar-refractivity contribution in [1.29, 1.82) is 0 Å². The van der Waals surface area contributed by atoms with E-state index in [1.54, 1.807) is 30.0 Å². The third-order valence-corrected chi connectivity index (χ3v) is 4.01. The standard InChI is InChI=1S/C12H18N2O3S/c1-9(12(8-15)18-2)13-7-10-5-3-4-6-11(10)14(16)17/h3-6,9,12-13,15H,7-8H2,1-2H3. The molecule has 0 amide bonds. The van der Waals surface area contributed by atoms with Crippen LogP contribution in [0.15, 0.2) is 24.3 Å². The van der Waals surface area contributed by atoms with E-state index in [1.807, 2.05) is 13.2 Å². The summed E-state index contributed by atoms with van der Waals surface area (Å²) in [7, 11) is 0. The maximum absolute atomic E-state index is 10.8. The van der Waals surface area contributed by atoms with Gasteiger partial charge in [-0.1, -0.05) is 18.2 Å². The second-order valence-electron chi connectivity index (χ2n) is 4.01. The van der Waals surface area contributed by atoms with E-state index in [0.29, 0.717) is 12.1 Å². The number of para-hydroxylation sites is 1. The Morgan fingerprint density at radius 3 is 2.72 bits per heavy atom. The maximum atomic E-state index is 10.8. The normalized spacial score (nSPS) is 14.2. The van der Waals surface area contributed by atoms with Crippen LogP contribution in [0.1, 0.15) is 12.5 Å². The van der Waals surface area contributed by atoms with Gasteiger partial charge in [0.25, 0.3) is 5.69 Å². The second kappa shape index (κ2) is 7.35. The fraction of sp³-hybridized carbons (Fsp3) is 0.500. The largest absolute Gasteiger partial charge is 0.395 e. The van der Waals surface area contributed by atoms with Gasteiger partial charge in [0.1, 0.15) is 0 Å². The number of nitrogens with zero attached hydrogens (tertiary/aromatic N) is 1. The van der Waals surface area contributed by atoms with Crippen molar-refractivity contribution in [3.05, 3.63) is 39.9 Å². The number of benzene rings is 1. The van der Waals surface area contributed by atoms with Crippen LogP contribution in [0.4, 0.5) is 5.69 Å². The van der Waals surface area contributed by atoms with Crippen LogP contribution in [0.25, 0.3) is 0 Å². The van der Waals surface area contributed by atoms with Gasteiger partial charge >= 0.3 is 0 Å². The topological polar surface area (TPSA) is 75.4 Å². The number of nitrogens with one attached hydrogen (secondary N) is 1. The fourth-order valence-corrected chi connectivity index (χ4v) is 2.33. The summed E-state index contributed by atoms with van der Waals surface area (Å²) in [6.45, 7) is 2.48. The molecular formula is C12H18N2O3S. The molecule has 100 valence electrons. The molecule has 2 atom stereocenters. The Morgan fingerprint density at radius 2 is 2.17 bits per heavy atom. The van der Waals surface area contributed by atoms with Gasteiger partial charge in [0.15, 0.2) is 0 Å².